The first kappa shape index (κ1) is 29.5. The Bertz CT molecular complexity index is 902. The van der Waals surface area contributed by atoms with E-state index in [4.69, 9.17) is 4.74 Å². The zero-order valence-electron chi connectivity index (χ0n) is 25.5. The molecule has 0 aromatic rings. The normalized spacial score (nSPS) is 37.5. The molecule has 4 aliphatic carbocycles. The average Bonchev–Trinajstić information content (AvgIpc) is 3.23. The number of carbonyl (C=O) groups is 1. The minimum Gasteiger partial charge on any atom is -0.462 e. The number of hydrogen-bond donors (Lipinski definition) is 1. The predicted molar refractivity (Wildman–Crippen MR) is 159 cm³/mol. The molecule has 3 fully saturated rings. The van der Waals surface area contributed by atoms with Crippen LogP contribution in [0.15, 0.2) is 36.2 Å². The summed E-state index contributed by atoms with van der Waals surface area (Å²) in [4.78, 5) is 12.6. The van der Waals surface area contributed by atoms with Crippen LogP contribution in [0.25, 0.3) is 0 Å². The molecule has 0 aliphatic heterocycles. The lowest BCUT2D eigenvalue weighted by Crippen LogP contribution is -2.51. The zero-order chi connectivity index (χ0) is 27.5. The van der Waals surface area contributed by atoms with Crippen molar-refractivity contribution in [2.75, 3.05) is 0 Å². The number of allylic oxidation sites excluding steroid dienone is 3. The zero-order valence-corrected chi connectivity index (χ0v) is 25.5. The molecule has 0 spiro atoms. The van der Waals surface area contributed by atoms with Gasteiger partial charge in [0.15, 0.2) is 0 Å². The van der Waals surface area contributed by atoms with E-state index in [2.05, 4.69) is 52.6 Å². The molecule has 0 radical (unpaired) electrons. The highest BCUT2D eigenvalue weighted by Crippen LogP contribution is 2.67. The monoisotopic (exact) mass is 523 g/mol. The second-order valence-corrected chi connectivity index (χ2v) is 14.3. The summed E-state index contributed by atoms with van der Waals surface area (Å²) in [6.07, 6.45) is 21.7. The van der Waals surface area contributed by atoms with Gasteiger partial charge in [0.25, 0.3) is 0 Å². The minimum atomic E-state index is -0.0638. The van der Waals surface area contributed by atoms with Crippen LogP contribution in [0, 0.1) is 46.3 Å². The van der Waals surface area contributed by atoms with E-state index in [1.807, 2.05) is 13.0 Å². The molecule has 38 heavy (non-hydrogen) atoms. The van der Waals surface area contributed by atoms with Crippen molar-refractivity contribution in [1.82, 2.24) is 5.32 Å². The Kier molecular flexibility index (Phi) is 9.57. The van der Waals surface area contributed by atoms with Gasteiger partial charge in [0.2, 0.25) is 0 Å². The maximum atomic E-state index is 12.6. The Hall–Kier alpha value is -1.51. The molecule has 8 unspecified atom stereocenters. The Labute approximate surface area is 234 Å². The van der Waals surface area contributed by atoms with Crippen LogP contribution >= 0.6 is 0 Å². The third kappa shape index (κ3) is 5.97. The van der Waals surface area contributed by atoms with E-state index in [1.165, 1.54) is 57.8 Å². The molecule has 0 bridgehead atoms. The Morgan fingerprint density at radius 2 is 1.89 bits per heavy atom. The van der Waals surface area contributed by atoms with Gasteiger partial charge in [0.1, 0.15) is 6.10 Å². The fourth-order valence-corrected chi connectivity index (χ4v) is 9.67. The second kappa shape index (κ2) is 12.3. The van der Waals surface area contributed by atoms with Crippen molar-refractivity contribution in [2.24, 2.45) is 46.3 Å². The van der Waals surface area contributed by atoms with Gasteiger partial charge in [0, 0.05) is 12.1 Å². The summed E-state index contributed by atoms with van der Waals surface area (Å²) in [5.74, 6) is 5.12. The van der Waals surface area contributed by atoms with Crippen molar-refractivity contribution >= 4 is 5.97 Å². The number of rotatable bonds is 11. The molecule has 4 rings (SSSR count). The highest BCUT2D eigenvalue weighted by molar-refractivity contribution is 5.70. The van der Waals surface area contributed by atoms with E-state index in [9.17, 15) is 4.79 Å². The van der Waals surface area contributed by atoms with Gasteiger partial charge in [0.05, 0.1) is 6.42 Å². The Balaban J connectivity index is 1.36. The number of ether oxygens (including phenoxy) is 1. The van der Waals surface area contributed by atoms with Gasteiger partial charge in [-0.1, -0.05) is 78.2 Å². The van der Waals surface area contributed by atoms with Crippen LogP contribution in [0.5, 0.6) is 0 Å². The van der Waals surface area contributed by atoms with Crippen LogP contribution < -0.4 is 5.32 Å². The SMILES string of the molecule is C=CN/C(=C\C)CCC(=O)OC1CCC2(C)C(=CCC3C2CCC2(C)C(C(C)CCCC(C)C)CCC32)C1. The lowest BCUT2D eigenvalue weighted by atomic mass is 9.47. The van der Waals surface area contributed by atoms with Crippen LogP contribution in [-0.2, 0) is 9.53 Å². The van der Waals surface area contributed by atoms with Crippen molar-refractivity contribution in [1.29, 1.82) is 0 Å². The van der Waals surface area contributed by atoms with Crippen molar-refractivity contribution in [2.45, 2.75) is 131 Å². The molecule has 0 aromatic heterocycles. The van der Waals surface area contributed by atoms with Gasteiger partial charge in [-0.25, -0.2) is 0 Å². The van der Waals surface area contributed by atoms with E-state index >= 15 is 0 Å². The Morgan fingerprint density at radius 3 is 2.61 bits per heavy atom. The van der Waals surface area contributed by atoms with Gasteiger partial charge in [-0.3, -0.25) is 4.79 Å². The van der Waals surface area contributed by atoms with Crippen LogP contribution in [0.3, 0.4) is 0 Å². The molecule has 0 amide bonds. The highest BCUT2D eigenvalue weighted by atomic mass is 16.5. The van der Waals surface area contributed by atoms with E-state index in [-0.39, 0.29) is 12.1 Å². The van der Waals surface area contributed by atoms with Crippen molar-refractivity contribution in [3.8, 4) is 0 Å². The fraction of sp³-hybridized carbons (Fsp3) is 0.800. The summed E-state index contributed by atoms with van der Waals surface area (Å²) in [6, 6.07) is 0. The van der Waals surface area contributed by atoms with Gasteiger partial charge in [-0.15, -0.1) is 0 Å². The fourth-order valence-electron chi connectivity index (χ4n) is 9.67. The van der Waals surface area contributed by atoms with Crippen molar-refractivity contribution in [3.63, 3.8) is 0 Å². The number of fused-ring (bicyclic) bond motifs is 5. The van der Waals surface area contributed by atoms with E-state index in [0.717, 1.165) is 54.0 Å². The summed E-state index contributed by atoms with van der Waals surface area (Å²) < 4.78 is 6.01. The quantitative estimate of drug-likeness (QED) is 0.216. The minimum absolute atomic E-state index is 0.0520. The average molecular weight is 524 g/mol. The smallest absolute Gasteiger partial charge is 0.306 e. The number of carbonyl (C=O) groups excluding carboxylic acids is 1. The van der Waals surface area contributed by atoms with Crippen LogP contribution in [0.2, 0.25) is 0 Å². The third-order valence-electron chi connectivity index (χ3n) is 11.8. The van der Waals surface area contributed by atoms with E-state index in [0.29, 0.717) is 23.7 Å². The molecule has 0 saturated heterocycles. The van der Waals surface area contributed by atoms with E-state index < -0.39 is 0 Å². The molecule has 0 aromatic carbocycles. The van der Waals surface area contributed by atoms with Crippen molar-refractivity contribution < 1.29 is 9.53 Å². The summed E-state index contributed by atoms with van der Waals surface area (Å²) in [5.41, 5.74) is 3.47. The standard InChI is InChI=1S/C35H57NO2/c1-8-27(36-9-2)14-18-33(37)38-28-19-21-34(6)26(23-28)13-15-29-31-17-16-30(25(5)12-10-11-24(3)4)35(31,7)22-20-32(29)34/h8-9,13,24-25,28-32,36H,2,10-12,14-23H2,1,3-7H3/b27-8-. The highest BCUT2D eigenvalue weighted by Gasteiger charge is 2.59. The van der Waals surface area contributed by atoms with Gasteiger partial charge < -0.3 is 10.1 Å². The maximum Gasteiger partial charge on any atom is 0.306 e. The molecule has 0 heterocycles. The topological polar surface area (TPSA) is 38.3 Å². The second-order valence-electron chi connectivity index (χ2n) is 14.3. The molecule has 1 N–H and O–H groups in total. The van der Waals surface area contributed by atoms with Crippen LogP contribution in [-0.4, -0.2) is 12.1 Å². The first-order valence-electron chi connectivity index (χ1n) is 16.0. The molecule has 8 atom stereocenters. The number of esters is 1. The molecule has 214 valence electrons. The van der Waals surface area contributed by atoms with Crippen molar-refractivity contribution in [3.05, 3.63) is 36.2 Å². The first-order valence-corrected chi connectivity index (χ1v) is 16.0. The third-order valence-corrected chi connectivity index (χ3v) is 11.8. The van der Waals surface area contributed by atoms with Gasteiger partial charge in [-0.05, 0) is 111 Å². The van der Waals surface area contributed by atoms with E-state index in [1.54, 1.807) is 11.8 Å². The molecule has 3 heteroatoms. The molecule has 3 saturated carbocycles. The molecular formula is C35H57NO2. The number of hydrogen-bond acceptors (Lipinski definition) is 3. The lowest BCUT2D eigenvalue weighted by Gasteiger charge is -2.58. The van der Waals surface area contributed by atoms with Gasteiger partial charge >= 0.3 is 5.97 Å². The maximum absolute atomic E-state index is 12.6. The summed E-state index contributed by atoms with van der Waals surface area (Å²) in [6.45, 7) is 18.3. The van der Waals surface area contributed by atoms with Crippen LogP contribution in [0.4, 0.5) is 0 Å². The Morgan fingerprint density at radius 1 is 1.11 bits per heavy atom. The largest absolute Gasteiger partial charge is 0.462 e. The molecule has 3 nitrogen and oxygen atoms in total. The first-order chi connectivity index (χ1) is 18.1. The number of nitrogens with one attached hydrogen (secondary N) is 1. The van der Waals surface area contributed by atoms with Gasteiger partial charge in [-0.2, -0.15) is 0 Å². The summed E-state index contributed by atoms with van der Waals surface area (Å²) in [7, 11) is 0. The molecule has 4 aliphatic rings. The summed E-state index contributed by atoms with van der Waals surface area (Å²) >= 11 is 0. The van der Waals surface area contributed by atoms with Crippen LogP contribution in [0.1, 0.15) is 125 Å². The molecular weight excluding hydrogens is 466 g/mol. The lowest BCUT2D eigenvalue weighted by molar-refractivity contribution is -0.151. The summed E-state index contributed by atoms with van der Waals surface area (Å²) in [5, 5.41) is 3.11. The predicted octanol–water partition coefficient (Wildman–Crippen LogP) is 9.36.